The lowest BCUT2D eigenvalue weighted by molar-refractivity contribution is 0.0934. The molecule has 3 heterocycles. The number of imidazole rings is 1. The van der Waals surface area contributed by atoms with E-state index in [1.54, 1.807) is 16.3 Å². The molecule has 4 aromatic rings. The van der Waals surface area contributed by atoms with E-state index in [1.807, 2.05) is 44.4 Å². The van der Waals surface area contributed by atoms with Crippen molar-refractivity contribution in [3.63, 3.8) is 0 Å². The van der Waals surface area contributed by atoms with E-state index in [1.165, 1.54) is 11.3 Å². The molecule has 1 aromatic carbocycles. The number of para-hydroxylation sites is 2. The Balaban J connectivity index is 1.50. The molecule has 0 bridgehead atoms. The van der Waals surface area contributed by atoms with Gasteiger partial charge in [0.15, 0.2) is 0 Å². The Kier molecular flexibility index (Phi) is 3.81. The number of nitrogens with zero attached hydrogens (tertiary/aromatic N) is 4. The van der Waals surface area contributed by atoms with Crippen LogP contribution < -0.4 is 5.32 Å². The summed E-state index contributed by atoms with van der Waals surface area (Å²) in [5.74, 6) is 0.497. The van der Waals surface area contributed by atoms with E-state index >= 15 is 0 Å². The summed E-state index contributed by atoms with van der Waals surface area (Å²) in [4.78, 5) is 24.6. The van der Waals surface area contributed by atoms with Gasteiger partial charge in [-0.05, 0) is 19.1 Å². The maximum Gasteiger partial charge on any atom is 0.271 e. The van der Waals surface area contributed by atoms with Crippen molar-refractivity contribution in [1.29, 1.82) is 0 Å². The van der Waals surface area contributed by atoms with E-state index in [9.17, 15) is 4.79 Å². The van der Waals surface area contributed by atoms with Crippen LogP contribution in [0.25, 0.3) is 21.6 Å². The maximum absolute atomic E-state index is 12.5. The van der Waals surface area contributed by atoms with Gasteiger partial charge in [-0.2, -0.15) is 5.10 Å². The number of fused-ring (bicyclic) bond motifs is 1. The average molecular weight is 352 g/mol. The molecule has 0 saturated carbocycles. The fourth-order valence-corrected chi connectivity index (χ4v) is 3.33. The molecule has 0 fully saturated rings. The number of nitrogens with one attached hydrogen (secondary N) is 2. The van der Waals surface area contributed by atoms with Crippen LogP contribution in [0.4, 0.5) is 0 Å². The molecule has 2 N–H and O–H groups in total. The van der Waals surface area contributed by atoms with Gasteiger partial charge in [0, 0.05) is 24.2 Å². The Morgan fingerprint density at radius 3 is 2.92 bits per heavy atom. The Bertz CT molecular complexity index is 1010. The van der Waals surface area contributed by atoms with Crippen LogP contribution in [0.1, 0.15) is 29.3 Å². The predicted octanol–water partition coefficient (Wildman–Crippen LogP) is 2.91. The molecule has 3 aromatic heterocycles. The summed E-state index contributed by atoms with van der Waals surface area (Å²) in [5.41, 5.74) is 3.13. The first kappa shape index (κ1) is 15.5. The van der Waals surface area contributed by atoms with Crippen molar-refractivity contribution in [3.8, 4) is 10.6 Å². The number of rotatable bonds is 4. The molecule has 4 rings (SSSR count). The largest absolute Gasteiger partial charge is 0.341 e. The van der Waals surface area contributed by atoms with Gasteiger partial charge >= 0.3 is 0 Å². The van der Waals surface area contributed by atoms with Crippen molar-refractivity contribution in [2.24, 2.45) is 7.05 Å². The first-order chi connectivity index (χ1) is 12.1. The van der Waals surface area contributed by atoms with Crippen LogP contribution in [0, 0.1) is 0 Å². The summed E-state index contributed by atoms with van der Waals surface area (Å²) in [6, 6.07) is 7.53. The lowest BCUT2D eigenvalue weighted by Crippen LogP contribution is -2.27. The third-order valence-electron chi connectivity index (χ3n) is 3.85. The topological polar surface area (TPSA) is 88.5 Å². The van der Waals surface area contributed by atoms with E-state index in [2.05, 4.69) is 25.4 Å². The third kappa shape index (κ3) is 3.03. The molecule has 25 heavy (non-hydrogen) atoms. The molecule has 0 aliphatic carbocycles. The highest BCUT2D eigenvalue weighted by molar-refractivity contribution is 7.13. The summed E-state index contributed by atoms with van der Waals surface area (Å²) >= 11 is 1.42. The number of aromatic nitrogens is 5. The molecule has 1 amide bonds. The van der Waals surface area contributed by atoms with Gasteiger partial charge in [0.1, 0.15) is 16.5 Å². The summed E-state index contributed by atoms with van der Waals surface area (Å²) in [5, 5.41) is 9.59. The number of aromatic amines is 1. The van der Waals surface area contributed by atoms with E-state index in [0.29, 0.717) is 5.69 Å². The fourth-order valence-electron chi connectivity index (χ4n) is 2.56. The Morgan fingerprint density at radius 2 is 2.16 bits per heavy atom. The second kappa shape index (κ2) is 6.14. The molecule has 126 valence electrons. The van der Waals surface area contributed by atoms with Crippen molar-refractivity contribution in [1.82, 2.24) is 30.0 Å². The van der Waals surface area contributed by atoms with Crippen LogP contribution in [0.3, 0.4) is 0 Å². The van der Waals surface area contributed by atoms with Crippen molar-refractivity contribution >= 4 is 28.3 Å². The molecular formula is C17H16N6OS. The molecule has 1 atom stereocenters. The normalized spacial score (nSPS) is 12.4. The quantitative estimate of drug-likeness (QED) is 0.591. The Hall–Kier alpha value is -3.00. The van der Waals surface area contributed by atoms with Gasteiger partial charge in [-0.3, -0.25) is 9.48 Å². The van der Waals surface area contributed by atoms with E-state index < -0.39 is 0 Å². The number of amides is 1. The highest BCUT2D eigenvalue weighted by Gasteiger charge is 2.17. The Morgan fingerprint density at radius 1 is 1.32 bits per heavy atom. The fraction of sp³-hybridized carbons (Fsp3) is 0.176. The molecule has 0 spiro atoms. The van der Waals surface area contributed by atoms with Gasteiger partial charge in [0.2, 0.25) is 0 Å². The van der Waals surface area contributed by atoms with Gasteiger partial charge in [-0.15, -0.1) is 11.3 Å². The number of hydrogen-bond acceptors (Lipinski definition) is 5. The number of carbonyl (C=O) groups excluding carboxylic acids is 1. The SMILES string of the molecule is CC(NC(=O)c1csc(-c2cnn(C)c2)n1)c1nc2ccccc2[nH]1. The molecule has 0 aliphatic rings. The summed E-state index contributed by atoms with van der Waals surface area (Å²) in [6.07, 6.45) is 3.61. The molecule has 1 unspecified atom stereocenters. The Labute approximate surface area is 147 Å². The molecule has 0 aliphatic heterocycles. The molecule has 0 saturated heterocycles. The summed E-state index contributed by atoms with van der Waals surface area (Å²) in [6.45, 7) is 1.89. The van der Waals surface area contributed by atoms with Gasteiger partial charge in [-0.1, -0.05) is 12.1 Å². The number of aryl methyl sites for hydroxylation is 1. The minimum absolute atomic E-state index is 0.223. The first-order valence-electron chi connectivity index (χ1n) is 7.80. The summed E-state index contributed by atoms with van der Waals surface area (Å²) < 4.78 is 1.71. The minimum Gasteiger partial charge on any atom is -0.341 e. The van der Waals surface area contributed by atoms with Crippen molar-refractivity contribution in [3.05, 3.63) is 53.6 Å². The van der Waals surface area contributed by atoms with Crippen LogP contribution in [0.2, 0.25) is 0 Å². The molecular weight excluding hydrogens is 336 g/mol. The average Bonchev–Trinajstić information content (AvgIpc) is 3.33. The van der Waals surface area contributed by atoms with Gasteiger partial charge < -0.3 is 10.3 Å². The van der Waals surface area contributed by atoms with E-state index in [0.717, 1.165) is 27.4 Å². The number of H-pyrrole nitrogens is 1. The van der Waals surface area contributed by atoms with Gasteiger partial charge in [-0.25, -0.2) is 9.97 Å². The second-order valence-corrected chi connectivity index (χ2v) is 6.63. The van der Waals surface area contributed by atoms with Crippen molar-refractivity contribution in [2.45, 2.75) is 13.0 Å². The van der Waals surface area contributed by atoms with Crippen LogP contribution in [-0.2, 0) is 7.05 Å². The zero-order valence-corrected chi connectivity index (χ0v) is 14.5. The smallest absolute Gasteiger partial charge is 0.271 e. The number of thiazole rings is 1. The molecule has 8 heteroatoms. The standard InChI is InChI=1S/C17H16N6OS/c1-10(15-20-12-5-3-4-6-13(12)21-15)19-16(24)14-9-25-17(22-14)11-7-18-23(2)8-11/h3-10H,1-2H3,(H,19,24)(H,20,21). The lowest BCUT2D eigenvalue weighted by atomic mass is 10.3. The molecule has 7 nitrogen and oxygen atoms in total. The second-order valence-electron chi connectivity index (χ2n) is 5.77. The monoisotopic (exact) mass is 352 g/mol. The highest BCUT2D eigenvalue weighted by Crippen LogP contribution is 2.23. The van der Waals surface area contributed by atoms with Crippen molar-refractivity contribution in [2.75, 3.05) is 0 Å². The number of hydrogen-bond donors (Lipinski definition) is 2. The van der Waals surface area contributed by atoms with Crippen LogP contribution in [0.15, 0.2) is 42.0 Å². The van der Waals surface area contributed by atoms with Crippen LogP contribution in [-0.4, -0.2) is 30.6 Å². The third-order valence-corrected chi connectivity index (χ3v) is 4.75. The lowest BCUT2D eigenvalue weighted by Gasteiger charge is -2.09. The zero-order valence-electron chi connectivity index (χ0n) is 13.7. The summed E-state index contributed by atoms with van der Waals surface area (Å²) in [7, 11) is 1.85. The van der Waals surface area contributed by atoms with Gasteiger partial charge in [0.25, 0.3) is 5.91 Å². The van der Waals surface area contributed by atoms with Gasteiger partial charge in [0.05, 0.1) is 23.3 Å². The number of benzene rings is 1. The predicted molar refractivity (Wildman–Crippen MR) is 96.3 cm³/mol. The van der Waals surface area contributed by atoms with E-state index in [4.69, 9.17) is 0 Å². The molecule has 0 radical (unpaired) electrons. The zero-order chi connectivity index (χ0) is 17.4. The van der Waals surface area contributed by atoms with Crippen LogP contribution >= 0.6 is 11.3 Å². The van der Waals surface area contributed by atoms with E-state index in [-0.39, 0.29) is 11.9 Å². The van der Waals surface area contributed by atoms with Crippen LogP contribution in [0.5, 0.6) is 0 Å². The minimum atomic E-state index is -0.247. The maximum atomic E-state index is 12.5. The first-order valence-corrected chi connectivity index (χ1v) is 8.68. The number of carbonyl (C=O) groups is 1. The highest BCUT2D eigenvalue weighted by atomic mass is 32.1. The van der Waals surface area contributed by atoms with Crippen molar-refractivity contribution < 1.29 is 4.79 Å².